The molecule has 1 fully saturated rings. The Labute approximate surface area is 186 Å². The average molecular weight is 440 g/mol. The summed E-state index contributed by atoms with van der Waals surface area (Å²) in [5.74, 6) is 1.97. The Kier molecular flexibility index (Phi) is 5.74. The first-order chi connectivity index (χ1) is 14.7. The molecule has 5 nitrogen and oxygen atoms in total. The van der Waals surface area contributed by atoms with Gasteiger partial charge in [0.25, 0.3) is 0 Å². The van der Waals surface area contributed by atoms with Gasteiger partial charge < -0.3 is 9.80 Å². The normalized spacial score (nSPS) is 17.9. The van der Waals surface area contributed by atoms with E-state index in [1.165, 1.54) is 16.1 Å². The first-order valence-corrected chi connectivity index (χ1v) is 11.7. The van der Waals surface area contributed by atoms with Crippen LogP contribution in [0.15, 0.2) is 42.5 Å². The van der Waals surface area contributed by atoms with Gasteiger partial charge in [-0.2, -0.15) is 0 Å². The van der Waals surface area contributed by atoms with E-state index in [0.717, 1.165) is 73.8 Å². The largest absolute Gasteiger partial charge is 0.354 e. The molecular weight excluding hydrogens is 414 g/mol. The van der Waals surface area contributed by atoms with Crippen molar-refractivity contribution in [2.24, 2.45) is 0 Å². The topological polar surface area (TPSA) is 35.5 Å². The molecule has 0 amide bonds. The van der Waals surface area contributed by atoms with Crippen LogP contribution in [0.4, 0.5) is 5.82 Å². The Morgan fingerprint density at radius 3 is 2.50 bits per heavy atom. The summed E-state index contributed by atoms with van der Waals surface area (Å²) in [7, 11) is 2.19. The third-order valence-corrected chi connectivity index (χ3v) is 7.18. The lowest BCUT2D eigenvalue weighted by Crippen LogP contribution is -2.46. The van der Waals surface area contributed by atoms with Crippen molar-refractivity contribution in [3.63, 3.8) is 0 Å². The van der Waals surface area contributed by atoms with Gasteiger partial charge in [0.15, 0.2) is 5.82 Å². The second kappa shape index (κ2) is 8.63. The summed E-state index contributed by atoms with van der Waals surface area (Å²) in [6.07, 6.45) is 0.956. The van der Waals surface area contributed by atoms with Crippen LogP contribution in [0.5, 0.6) is 0 Å². The molecule has 5 rings (SSSR count). The van der Waals surface area contributed by atoms with E-state index in [0.29, 0.717) is 0 Å². The lowest BCUT2D eigenvalue weighted by atomic mass is 10.0. The molecule has 0 unspecified atom stereocenters. The van der Waals surface area contributed by atoms with E-state index < -0.39 is 0 Å². The van der Waals surface area contributed by atoms with Crippen molar-refractivity contribution in [2.75, 3.05) is 44.7 Å². The summed E-state index contributed by atoms with van der Waals surface area (Å²) < 4.78 is 0.858. The molecule has 4 heterocycles. The number of hydrogen-bond acceptors (Lipinski definition) is 6. The number of rotatable bonds is 4. The van der Waals surface area contributed by atoms with Crippen LogP contribution in [-0.4, -0.2) is 59.5 Å². The lowest BCUT2D eigenvalue weighted by molar-refractivity contribution is 0.244. The minimum atomic E-state index is 0.849. The zero-order valence-electron chi connectivity index (χ0n) is 17.2. The quantitative estimate of drug-likeness (QED) is 0.609. The van der Waals surface area contributed by atoms with Gasteiger partial charge in [0, 0.05) is 68.2 Å². The smallest absolute Gasteiger partial charge is 0.161 e. The number of hydrogen-bond donors (Lipinski definition) is 0. The Bertz CT molecular complexity index is 1010. The zero-order chi connectivity index (χ0) is 20.5. The number of aromatic nitrogens is 2. The van der Waals surface area contributed by atoms with Crippen LogP contribution in [0.2, 0.25) is 4.34 Å². The highest BCUT2D eigenvalue weighted by molar-refractivity contribution is 7.16. The maximum atomic E-state index is 6.14. The van der Waals surface area contributed by atoms with E-state index in [2.05, 4.69) is 52.1 Å². The van der Waals surface area contributed by atoms with Crippen molar-refractivity contribution in [3.05, 3.63) is 62.9 Å². The average Bonchev–Trinajstić information content (AvgIpc) is 3.19. The van der Waals surface area contributed by atoms with E-state index in [1.54, 1.807) is 11.3 Å². The Morgan fingerprint density at radius 2 is 1.77 bits per heavy atom. The summed E-state index contributed by atoms with van der Waals surface area (Å²) in [4.78, 5) is 18.8. The zero-order valence-corrected chi connectivity index (χ0v) is 18.8. The molecule has 2 aromatic heterocycles. The third kappa shape index (κ3) is 4.23. The fourth-order valence-electron chi connectivity index (χ4n) is 4.24. The number of likely N-dealkylation sites (N-methyl/N-ethyl adjacent to an activating group) is 1. The molecule has 0 N–H and O–H groups in total. The van der Waals surface area contributed by atoms with Crippen LogP contribution in [0.3, 0.4) is 0 Å². The van der Waals surface area contributed by atoms with E-state index >= 15 is 0 Å². The highest BCUT2D eigenvalue weighted by Crippen LogP contribution is 2.32. The third-order valence-electron chi connectivity index (χ3n) is 5.96. The molecule has 1 saturated heterocycles. The summed E-state index contributed by atoms with van der Waals surface area (Å²) in [5, 5.41) is 0. The maximum absolute atomic E-state index is 6.14. The molecule has 30 heavy (non-hydrogen) atoms. The number of halogens is 1. The molecule has 2 aliphatic rings. The van der Waals surface area contributed by atoms with Crippen molar-refractivity contribution in [1.82, 2.24) is 19.8 Å². The molecule has 156 valence electrons. The monoisotopic (exact) mass is 439 g/mol. The Morgan fingerprint density at radius 1 is 0.967 bits per heavy atom. The van der Waals surface area contributed by atoms with Crippen molar-refractivity contribution in [1.29, 1.82) is 0 Å². The number of benzene rings is 1. The minimum Gasteiger partial charge on any atom is -0.354 e. The molecule has 0 aliphatic carbocycles. The van der Waals surface area contributed by atoms with Gasteiger partial charge in [-0.25, -0.2) is 9.97 Å². The van der Waals surface area contributed by atoms with Crippen LogP contribution >= 0.6 is 22.9 Å². The van der Waals surface area contributed by atoms with Crippen LogP contribution in [-0.2, 0) is 19.5 Å². The summed E-state index contributed by atoms with van der Waals surface area (Å²) in [6, 6.07) is 14.5. The highest BCUT2D eigenvalue weighted by Gasteiger charge is 2.27. The van der Waals surface area contributed by atoms with Gasteiger partial charge in [0.1, 0.15) is 5.82 Å². The lowest BCUT2D eigenvalue weighted by Gasteiger charge is -2.37. The molecule has 7 heteroatoms. The van der Waals surface area contributed by atoms with E-state index in [-0.39, 0.29) is 0 Å². The fourth-order valence-corrected chi connectivity index (χ4v) is 5.37. The first-order valence-electron chi connectivity index (χ1n) is 10.5. The summed E-state index contributed by atoms with van der Waals surface area (Å²) in [6.45, 7) is 6.98. The highest BCUT2D eigenvalue weighted by atomic mass is 35.5. The molecule has 0 atom stereocenters. The predicted octanol–water partition coefficient (Wildman–Crippen LogP) is 4.17. The SMILES string of the molecule is CN1CCN(c2nc(-c3ccccc3)nc3c2CN(Cc2ccc(Cl)s2)CC3)CC1. The van der Waals surface area contributed by atoms with Crippen LogP contribution in [0.25, 0.3) is 11.4 Å². The van der Waals surface area contributed by atoms with Gasteiger partial charge in [0.2, 0.25) is 0 Å². The summed E-state index contributed by atoms with van der Waals surface area (Å²) >= 11 is 7.81. The molecule has 1 aromatic carbocycles. The van der Waals surface area contributed by atoms with E-state index in [9.17, 15) is 0 Å². The molecule has 0 radical (unpaired) electrons. The number of fused-ring (bicyclic) bond motifs is 1. The maximum Gasteiger partial charge on any atom is 0.161 e. The van der Waals surface area contributed by atoms with Gasteiger partial charge in [-0.3, -0.25) is 4.90 Å². The Hall–Kier alpha value is -1.99. The first kappa shape index (κ1) is 19.9. The van der Waals surface area contributed by atoms with Gasteiger partial charge >= 0.3 is 0 Å². The van der Waals surface area contributed by atoms with Crippen LogP contribution in [0, 0.1) is 0 Å². The van der Waals surface area contributed by atoms with Crippen molar-refractivity contribution in [2.45, 2.75) is 19.5 Å². The van der Waals surface area contributed by atoms with E-state index in [4.69, 9.17) is 21.6 Å². The van der Waals surface area contributed by atoms with Crippen LogP contribution < -0.4 is 4.90 Å². The summed E-state index contributed by atoms with van der Waals surface area (Å²) in [5.41, 5.74) is 3.60. The minimum absolute atomic E-state index is 0.849. The molecule has 2 aliphatic heterocycles. The fraction of sp³-hybridized carbons (Fsp3) is 0.391. The van der Waals surface area contributed by atoms with Crippen LogP contribution in [0.1, 0.15) is 16.1 Å². The molecule has 0 bridgehead atoms. The van der Waals surface area contributed by atoms with E-state index in [1.807, 2.05) is 12.1 Å². The molecule has 0 saturated carbocycles. The molecule has 0 spiro atoms. The number of anilines is 1. The van der Waals surface area contributed by atoms with Crippen molar-refractivity contribution in [3.8, 4) is 11.4 Å². The van der Waals surface area contributed by atoms with Gasteiger partial charge in [-0.05, 0) is 19.2 Å². The Balaban J connectivity index is 1.48. The standard InChI is InChI=1S/C23H26ClN5S/c1-27-11-13-29(14-12-27)23-19-16-28(15-18-7-8-21(24)30-18)10-9-20(19)25-22(26-23)17-5-3-2-4-6-17/h2-8H,9-16H2,1H3. The molecular formula is C23H26ClN5S. The number of piperazine rings is 1. The van der Waals surface area contributed by atoms with Gasteiger partial charge in [0.05, 0.1) is 10.0 Å². The second-order valence-electron chi connectivity index (χ2n) is 8.12. The second-order valence-corrected chi connectivity index (χ2v) is 9.92. The van der Waals surface area contributed by atoms with Gasteiger partial charge in [-0.15, -0.1) is 11.3 Å². The predicted molar refractivity (Wildman–Crippen MR) is 124 cm³/mol. The van der Waals surface area contributed by atoms with Gasteiger partial charge in [-0.1, -0.05) is 41.9 Å². The van der Waals surface area contributed by atoms with Crippen molar-refractivity contribution < 1.29 is 0 Å². The molecule has 3 aromatic rings. The number of thiophene rings is 1. The van der Waals surface area contributed by atoms with Crippen molar-refractivity contribution >= 4 is 28.8 Å². The number of nitrogens with zero attached hydrogens (tertiary/aromatic N) is 5.